The van der Waals surface area contributed by atoms with E-state index < -0.39 is 0 Å². The number of hydrogen-bond donors (Lipinski definition) is 0. The summed E-state index contributed by atoms with van der Waals surface area (Å²) < 4.78 is 7.07. The summed E-state index contributed by atoms with van der Waals surface area (Å²) in [6.07, 6.45) is 12.0. The molecular weight excluding hydrogens is 807 g/mol. The molecule has 1 aliphatic heterocycles. The molecule has 312 valence electrons. The Morgan fingerprint density at radius 3 is 1.61 bits per heavy atom. The van der Waals surface area contributed by atoms with E-state index in [2.05, 4.69) is 236 Å². The molecule has 13 rings (SSSR count). The third kappa shape index (κ3) is 6.09. The van der Waals surface area contributed by atoms with Crippen LogP contribution in [0.5, 0.6) is 0 Å². The number of allylic oxidation sites excluding steroid dienone is 2. The average molecular weight is 848 g/mol. The highest BCUT2D eigenvalue weighted by Gasteiger charge is 2.21. The van der Waals surface area contributed by atoms with E-state index in [4.69, 9.17) is 4.98 Å². The fraction of sp³-hybridized carbons (Fsp3) is 0.0339. The van der Waals surface area contributed by atoms with Gasteiger partial charge in [0.25, 0.3) is 0 Å². The SMILES string of the molecule is CC1C=C(n2c3ccccc3c3cc(-c4ccc5c(c4)c4ccccc4n5-c4ccc(-n5c(-c6ccc(-c7cncnc7)cc6)nc6ccccc65)cc4)ccc32)C=CN1c1ccccc1. The summed E-state index contributed by atoms with van der Waals surface area (Å²) in [5.41, 5.74) is 16.7. The fourth-order valence-corrected chi connectivity index (χ4v) is 10.1. The Morgan fingerprint density at radius 1 is 0.409 bits per heavy atom. The van der Waals surface area contributed by atoms with Gasteiger partial charge in [0.1, 0.15) is 12.2 Å². The van der Waals surface area contributed by atoms with Gasteiger partial charge in [0.15, 0.2) is 0 Å². The van der Waals surface area contributed by atoms with E-state index >= 15 is 0 Å². The van der Waals surface area contributed by atoms with Crippen molar-refractivity contribution in [3.05, 3.63) is 225 Å². The molecule has 7 nitrogen and oxygen atoms in total. The van der Waals surface area contributed by atoms with Gasteiger partial charge in [-0.05, 0) is 121 Å². The molecule has 1 atom stereocenters. The Balaban J connectivity index is 0.871. The van der Waals surface area contributed by atoms with Crippen LogP contribution >= 0.6 is 0 Å². The standard InChI is InChI=1S/C59H41N7/c1-39-33-48(31-32-63(39)45-11-3-2-4-12-45)65-55-17-9-6-14-50(55)52-35-43(24-30-57(52)65)42-23-29-56-51(34-42)49-13-5-8-16-54(49)64(56)46-25-27-47(28-26-46)66-58-18-10-7-15-53(58)62-59(66)41-21-19-40(20-22-41)44-36-60-38-61-37-44/h2-39H,1H3. The molecule has 1 aliphatic rings. The van der Waals surface area contributed by atoms with Crippen molar-refractivity contribution in [1.82, 2.24) is 28.7 Å². The van der Waals surface area contributed by atoms with Crippen LogP contribution in [0.2, 0.25) is 0 Å². The summed E-state index contributed by atoms with van der Waals surface area (Å²) in [5, 5.41) is 4.93. The maximum atomic E-state index is 5.14. The summed E-state index contributed by atoms with van der Waals surface area (Å²) >= 11 is 0. The summed E-state index contributed by atoms with van der Waals surface area (Å²) in [7, 11) is 0. The van der Waals surface area contributed by atoms with Gasteiger partial charge in [0.05, 0.1) is 39.1 Å². The summed E-state index contributed by atoms with van der Waals surface area (Å²) in [4.78, 5) is 15.9. The molecule has 0 spiro atoms. The smallest absolute Gasteiger partial charge is 0.145 e. The number of imidazole rings is 1. The maximum Gasteiger partial charge on any atom is 0.145 e. The Labute approximate surface area is 381 Å². The van der Waals surface area contributed by atoms with Crippen LogP contribution in [0.3, 0.4) is 0 Å². The molecule has 1 unspecified atom stereocenters. The number of para-hydroxylation sites is 5. The zero-order valence-electron chi connectivity index (χ0n) is 36.1. The van der Waals surface area contributed by atoms with Gasteiger partial charge in [-0.3, -0.25) is 4.57 Å². The number of fused-ring (bicyclic) bond motifs is 7. The van der Waals surface area contributed by atoms with Gasteiger partial charge in [0.2, 0.25) is 0 Å². The Kier molecular flexibility index (Phi) is 8.67. The van der Waals surface area contributed by atoms with Crippen LogP contribution in [0, 0.1) is 0 Å². The number of benzene rings is 8. The molecular formula is C59H41N7. The lowest BCUT2D eigenvalue weighted by Crippen LogP contribution is -2.28. The van der Waals surface area contributed by atoms with Crippen LogP contribution in [-0.2, 0) is 0 Å². The second kappa shape index (κ2) is 15.2. The van der Waals surface area contributed by atoms with E-state index in [-0.39, 0.29) is 6.04 Å². The molecule has 0 saturated carbocycles. The fourth-order valence-electron chi connectivity index (χ4n) is 10.1. The number of aromatic nitrogens is 6. The molecule has 0 N–H and O–H groups in total. The minimum absolute atomic E-state index is 0.200. The first-order valence-corrected chi connectivity index (χ1v) is 22.4. The average Bonchev–Trinajstić information content (AvgIpc) is 4.05. The van der Waals surface area contributed by atoms with Gasteiger partial charge in [-0.15, -0.1) is 0 Å². The molecule has 0 fully saturated rings. The molecule has 0 aliphatic carbocycles. The van der Waals surface area contributed by atoms with Gasteiger partial charge >= 0.3 is 0 Å². The lowest BCUT2D eigenvalue weighted by molar-refractivity contribution is 0.844. The molecule has 0 saturated heterocycles. The van der Waals surface area contributed by atoms with Crippen molar-refractivity contribution in [3.8, 4) is 45.0 Å². The summed E-state index contributed by atoms with van der Waals surface area (Å²) in [6.45, 7) is 2.26. The first kappa shape index (κ1) is 37.7. The molecule has 12 aromatic rings. The second-order valence-electron chi connectivity index (χ2n) is 17.0. The lowest BCUT2D eigenvalue weighted by Gasteiger charge is -2.30. The van der Waals surface area contributed by atoms with Crippen LogP contribution in [0.15, 0.2) is 225 Å². The zero-order valence-corrected chi connectivity index (χ0v) is 36.1. The zero-order chi connectivity index (χ0) is 43.7. The predicted octanol–water partition coefficient (Wildman–Crippen LogP) is 14.3. The largest absolute Gasteiger partial charge is 0.341 e. The molecule has 7 heteroatoms. The van der Waals surface area contributed by atoms with E-state index in [0.29, 0.717) is 0 Å². The van der Waals surface area contributed by atoms with Crippen molar-refractivity contribution in [2.24, 2.45) is 0 Å². The third-order valence-electron chi connectivity index (χ3n) is 13.2. The first-order valence-electron chi connectivity index (χ1n) is 22.4. The van der Waals surface area contributed by atoms with E-state index in [0.717, 1.165) is 50.4 Å². The van der Waals surface area contributed by atoms with Crippen molar-refractivity contribution in [2.75, 3.05) is 4.90 Å². The van der Waals surface area contributed by atoms with Crippen LogP contribution in [-0.4, -0.2) is 34.7 Å². The van der Waals surface area contributed by atoms with E-state index in [1.165, 1.54) is 60.6 Å². The monoisotopic (exact) mass is 847 g/mol. The van der Waals surface area contributed by atoms with Crippen LogP contribution in [0.25, 0.3) is 105 Å². The number of hydrogen-bond acceptors (Lipinski definition) is 4. The maximum absolute atomic E-state index is 5.14. The number of nitrogens with zero attached hydrogens (tertiary/aromatic N) is 7. The van der Waals surface area contributed by atoms with Crippen LogP contribution < -0.4 is 4.90 Å². The first-order chi connectivity index (χ1) is 32.6. The molecule has 0 bridgehead atoms. The van der Waals surface area contributed by atoms with E-state index in [1.54, 1.807) is 6.33 Å². The topological polar surface area (TPSA) is 56.7 Å². The Morgan fingerprint density at radius 2 is 0.939 bits per heavy atom. The summed E-state index contributed by atoms with van der Waals surface area (Å²) in [5.74, 6) is 0.889. The van der Waals surface area contributed by atoms with Gasteiger partial charge < -0.3 is 14.0 Å². The second-order valence-corrected chi connectivity index (χ2v) is 17.0. The normalized spacial score (nSPS) is 14.0. The van der Waals surface area contributed by atoms with Crippen LogP contribution in [0.4, 0.5) is 5.69 Å². The van der Waals surface area contributed by atoms with Crippen molar-refractivity contribution in [3.63, 3.8) is 0 Å². The minimum Gasteiger partial charge on any atom is -0.341 e. The highest BCUT2D eigenvalue weighted by atomic mass is 15.2. The molecule has 0 radical (unpaired) electrons. The molecule has 4 aromatic heterocycles. The third-order valence-corrected chi connectivity index (χ3v) is 13.2. The lowest BCUT2D eigenvalue weighted by atomic mass is 10.0. The van der Waals surface area contributed by atoms with Gasteiger partial charge in [0, 0.05) is 74.0 Å². The van der Waals surface area contributed by atoms with Gasteiger partial charge in [-0.2, -0.15) is 0 Å². The summed E-state index contributed by atoms with van der Waals surface area (Å²) in [6, 6.07) is 67.9. The van der Waals surface area contributed by atoms with E-state index in [1.807, 2.05) is 18.5 Å². The minimum atomic E-state index is 0.200. The molecule has 8 aromatic carbocycles. The highest BCUT2D eigenvalue weighted by Crippen LogP contribution is 2.40. The van der Waals surface area contributed by atoms with Crippen molar-refractivity contribution < 1.29 is 0 Å². The Hall–Kier alpha value is -8.81. The molecule has 5 heterocycles. The van der Waals surface area contributed by atoms with Gasteiger partial charge in [-0.1, -0.05) is 103 Å². The number of rotatable bonds is 7. The molecule has 66 heavy (non-hydrogen) atoms. The molecule has 0 amide bonds. The van der Waals surface area contributed by atoms with Crippen molar-refractivity contribution in [2.45, 2.75) is 13.0 Å². The van der Waals surface area contributed by atoms with E-state index in [9.17, 15) is 0 Å². The number of anilines is 1. The van der Waals surface area contributed by atoms with Crippen molar-refractivity contribution >= 4 is 66.0 Å². The van der Waals surface area contributed by atoms with Gasteiger partial charge in [-0.25, -0.2) is 15.0 Å². The predicted molar refractivity (Wildman–Crippen MR) is 272 cm³/mol. The Bertz CT molecular complexity index is 3870. The highest BCUT2D eigenvalue weighted by molar-refractivity contribution is 6.13. The van der Waals surface area contributed by atoms with Crippen molar-refractivity contribution in [1.29, 1.82) is 0 Å². The quantitative estimate of drug-likeness (QED) is 0.160. The van der Waals surface area contributed by atoms with Crippen LogP contribution in [0.1, 0.15) is 6.92 Å².